The van der Waals surface area contributed by atoms with Crippen LogP contribution in [0.25, 0.3) is 0 Å². The van der Waals surface area contributed by atoms with E-state index in [-0.39, 0.29) is 0 Å². The molecular formula is C14H28FNO. The maximum Gasteiger partial charge on any atom is 0.0785 e. The van der Waals surface area contributed by atoms with Crippen LogP contribution in [0, 0.1) is 11.3 Å². The molecule has 1 heterocycles. The molecular weight excluding hydrogens is 217 g/mol. The quantitative estimate of drug-likeness (QED) is 0.738. The van der Waals surface area contributed by atoms with Gasteiger partial charge in [0.25, 0.3) is 0 Å². The first-order valence-electron chi connectivity index (χ1n) is 6.92. The molecule has 0 unspecified atom stereocenters. The predicted octanol–water partition coefficient (Wildman–Crippen LogP) is 3.12. The first kappa shape index (κ1) is 14.9. The normalized spacial score (nSPS) is 24.0. The summed E-state index contributed by atoms with van der Waals surface area (Å²) in [5, 5.41) is 0. The van der Waals surface area contributed by atoms with E-state index in [1.165, 1.54) is 45.3 Å². The molecule has 0 spiro atoms. The van der Waals surface area contributed by atoms with Crippen LogP contribution in [-0.4, -0.2) is 44.9 Å². The molecule has 2 rings (SSSR count). The Kier molecular flexibility index (Phi) is 6.42. The number of hydrogen-bond donors (Lipinski definition) is 0. The minimum atomic E-state index is 0.500. The van der Waals surface area contributed by atoms with E-state index in [1.54, 1.807) is 0 Å². The lowest BCUT2D eigenvalue weighted by Crippen LogP contribution is -2.38. The van der Waals surface area contributed by atoms with Gasteiger partial charge in [0.15, 0.2) is 0 Å². The maximum atomic E-state index is 9.50. The standard InChI is InChI=1S/C13H25NO.CH3F/c1-3-15-11-13(6-7-13)10-14-8-4-12(2)5-9-14;1-2/h12H,3-11H2,1-2H3;1H3. The second-order valence-corrected chi connectivity index (χ2v) is 5.60. The Labute approximate surface area is 106 Å². The minimum Gasteiger partial charge on any atom is -0.381 e. The van der Waals surface area contributed by atoms with E-state index in [1.807, 2.05) is 0 Å². The molecule has 17 heavy (non-hydrogen) atoms. The number of halogens is 1. The molecule has 0 atom stereocenters. The summed E-state index contributed by atoms with van der Waals surface area (Å²) in [7, 11) is 0.500. The van der Waals surface area contributed by atoms with Gasteiger partial charge in [-0.2, -0.15) is 0 Å². The van der Waals surface area contributed by atoms with Crippen LogP contribution in [-0.2, 0) is 4.74 Å². The lowest BCUT2D eigenvalue weighted by molar-refractivity contribution is 0.0692. The van der Waals surface area contributed by atoms with Crippen LogP contribution in [0.15, 0.2) is 0 Å². The van der Waals surface area contributed by atoms with Crippen molar-refractivity contribution in [3.63, 3.8) is 0 Å². The molecule has 0 aromatic carbocycles. The Hall–Kier alpha value is -0.150. The summed E-state index contributed by atoms with van der Waals surface area (Å²) in [5.41, 5.74) is 0.552. The largest absolute Gasteiger partial charge is 0.381 e. The summed E-state index contributed by atoms with van der Waals surface area (Å²) in [6, 6.07) is 0. The van der Waals surface area contributed by atoms with Crippen LogP contribution in [0.2, 0.25) is 0 Å². The van der Waals surface area contributed by atoms with Crippen molar-refractivity contribution in [3.05, 3.63) is 0 Å². The first-order valence-corrected chi connectivity index (χ1v) is 6.92. The first-order chi connectivity index (χ1) is 8.24. The van der Waals surface area contributed by atoms with E-state index in [0.717, 1.165) is 19.1 Å². The van der Waals surface area contributed by atoms with Gasteiger partial charge in [-0.25, -0.2) is 0 Å². The highest BCUT2D eigenvalue weighted by molar-refractivity contribution is 4.96. The van der Waals surface area contributed by atoms with Crippen molar-refractivity contribution in [3.8, 4) is 0 Å². The van der Waals surface area contributed by atoms with E-state index in [4.69, 9.17) is 4.74 Å². The average molecular weight is 245 g/mol. The van der Waals surface area contributed by atoms with Crippen molar-refractivity contribution in [2.45, 2.75) is 39.5 Å². The van der Waals surface area contributed by atoms with Gasteiger partial charge in [0.05, 0.1) is 13.8 Å². The van der Waals surface area contributed by atoms with Crippen LogP contribution >= 0.6 is 0 Å². The van der Waals surface area contributed by atoms with E-state index < -0.39 is 0 Å². The van der Waals surface area contributed by atoms with Crippen molar-refractivity contribution in [1.82, 2.24) is 4.90 Å². The summed E-state index contributed by atoms with van der Waals surface area (Å²) >= 11 is 0. The lowest BCUT2D eigenvalue weighted by Gasteiger charge is -2.33. The smallest absolute Gasteiger partial charge is 0.0785 e. The minimum absolute atomic E-state index is 0.500. The number of hydrogen-bond acceptors (Lipinski definition) is 2. The molecule has 2 fully saturated rings. The highest BCUT2D eigenvalue weighted by Crippen LogP contribution is 2.46. The second-order valence-electron chi connectivity index (χ2n) is 5.60. The van der Waals surface area contributed by atoms with Gasteiger partial charge in [0.1, 0.15) is 0 Å². The van der Waals surface area contributed by atoms with E-state index in [2.05, 4.69) is 18.7 Å². The van der Waals surface area contributed by atoms with Crippen LogP contribution in [0.1, 0.15) is 39.5 Å². The Morgan fingerprint density at radius 2 is 1.82 bits per heavy atom. The van der Waals surface area contributed by atoms with Gasteiger partial charge in [-0.3, -0.25) is 4.39 Å². The van der Waals surface area contributed by atoms with Gasteiger partial charge in [-0.15, -0.1) is 0 Å². The van der Waals surface area contributed by atoms with Gasteiger partial charge in [0, 0.05) is 18.6 Å². The summed E-state index contributed by atoms with van der Waals surface area (Å²) in [4.78, 5) is 2.66. The Morgan fingerprint density at radius 3 is 2.29 bits per heavy atom. The molecule has 3 heteroatoms. The molecule has 1 saturated heterocycles. The summed E-state index contributed by atoms with van der Waals surface area (Å²) in [6.45, 7) is 10.3. The summed E-state index contributed by atoms with van der Waals surface area (Å²) < 4.78 is 15.1. The second kappa shape index (κ2) is 7.32. The Bertz CT molecular complexity index is 198. The number of likely N-dealkylation sites (tertiary alicyclic amines) is 1. The fourth-order valence-electron chi connectivity index (χ4n) is 2.54. The van der Waals surface area contributed by atoms with Crippen molar-refractivity contribution in [2.75, 3.05) is 40.0 Å². The lowest BCUT2D eigenvalue weighted by atomic mass is 9.97. The number of piperidine rings is 1. The van der Waals surface area contributed by atoms with Crippen molar-refractivity contribution in [2.24, 2.45) is 11.3 Å². The van der Waals surface area contributed by atoms with Crippen molar-refractivity contribution >= 4 is 0 Å². The molecule has 0 N–H and O–H groups in total. The zero-order valence-electron chi connectivity index (χ0n) is 11.7. The van der Waals surface area contributed by atoms with Crippen LogP contribution in [0.4, 0.5) is 4.39 Å². The SMILES string of the molecule is CCOCC1(CN2CCC(C)CC2)CC1.CF. The third-order valence-corrected chi connectivity index (χ3v) is 4.00. The van der Waals surface area contributed by atoms with Gasteiger partial charge in [-0.05, 0) is 51.6 Å². The monoisotopic (exact) mass is 245 g/mol. The fourth-order valence-corrected chi connectivity index (χ4v) is 2.54. The molecule has 0 aromatic rings. The third kappa shape index (κ3) is 4.92. The average Bonchev–Trinajstić information content (AvgIpc) is 3.13. The maximum absolute atomic E-state index is 9.50. The van der Waals surface area contributed by atoms with Crippen LogP contribution in [0.5, 0.6) is 0 Å². The van der Waals surface area contributed by atoms with Gasteiger partial charge in [0.2, 0.25) is 0 Å². The van der Waals surface area contributed by atoms with Gasteiger partial charge in [-0.1, -0.05) is 6.92 Å². The zero-order valence-corrected chi connectivity index (χ0v) is 11.7. The molecule has 0 amide bonds. The molecule has 0 radical (unpaired) electrons. The molecule has 102 valence electrons. The molecule has 2 nitrogen and oxygen atoms in total. The van der Waals surface area contributed by atoms with E-state index >= 15 is 0 Å². The predicted molar refractivity (Wildman–Crippen MR) is 70.0 cm³/mol. The molecule has 1 saturated carbocycles. The fraction of sp³-hybridized carbons (Fsp3) is 1.00. The van der Waals surface area contributed by atoms with E-state index in [0.29, 0.717) is 12.6 Å². The Morgan fingerprint density at radius 1 is 1.24 bits per heavy atom. The number of alkyl halides is 1. The summed E-state index contributed by atoms with van der Waals surface area (Å²) in [6.07, 6.45) is 5.56. The topological polar surface area (TPSA) is 12.5 Å². The van der Waals surface area contributed by atoms with Crippen molar-refractivity contribution < 1.29 is 9.13 Å². The van der Waals surface area contributed by atoms with Gasteiger partial charge < -0.3 is 9.64 Å². The molecule has 1 aliphatic heterocycles. The van der Waals surface area contributed by atoms with Crippen molar-refractivity contribution in [1.29, 1.82) is 0 Å². The van der Waals surface area contributed by atoms with Gasteiger partial charge >= 0.3 is 0 Å². The highest BCUT2D eigenvalue weighted by Gasteiger charge is 2.44. The molecule has 1 aliphatic carbocycles. The highest BCUT2D eigenvalue weighted by atomic mass is 19.1. The zero-order chi connectivity index (χ0) is 12.7. The van der Waals surface area contributed by atoms with E-state index in [9.17, 15) is 4.39 Å². The molecule has 2 aliphatic rings. The number of rotatable bonds is 5. The number of ether oxygens (including phenoxy) is 1. The number of nitrogens with zero attached hydrogens (tertiary/aromatic N) is 1. The third-order valence-electron chi connectivity index (χ3n) is 4.00. The van der Waals surface area contributed by atoms with Crippen LogP contribution < -0.4 is 0 Å². The molecule has 0 aromatic heterocycles. The van der Waals surface area contributed by atoms with Crippen LogP contribution in [0.3, 0.4) is 0 Å². The summed E-state index contributed by atoms with van der Waals surface area (Å²) in [5.74, 6) is 0.947. The Balaban J connectivity index is 0.000000686. The molecule has 0 bridgehead atoms.